The molecule has 1 aromatic heterocycles. The number of nitrogens with one attached hydrogen (secondary N) is 2. The number of thiazole rings is 1. The van der Waals surface area contributed by atoms with E-state index in [-0.39, 0.29) is 5.91 Å². The van der Waals surface area contributed by atoms with Gasteiger partial charge in [-0.3, -0.25) is 15.6 Å². The zero-order valence-electron chi connectivity index (χ0n) is 12.3. The molecule has 0 saturated carbocycles. The highest BCUT2D eigenvalue weighted by molar-refractivity contribution is 7.13. The summed E-state index contributed by atoms with van der Waals surface area (Å²) in [5, 5.41) is 3.23. The van der Waals surface area contributed by atoms with Crippen molar-refractivity contribution in [2.24, 2.45) is 0 Å². The summed E-state index contributed by atoms with van der Waals surface area (Å²) in [6.45, 7) is 2.03. The van der Waals surface area contributed by atoms with Crippen molar-refractivity contribution in [3.05, 3.63) is 70.2 Å². The maximum Gasteiger partial charge on any atom is 0.289 e. The van der Waals surface area contributed by atoms with Gasteiger partial charge in [-0.25, -0.2) is 4.98 Å². The molecule has 2 N–H and O–H groups in total. The molecule has 0 fully saturated rings. The minimum Gasteiger partial charge on any atom is -0.298 e. The normalized spacial score (nSPS) is 10.3. The van der Waals surface area contributed by atoms with Crippen LogP contribution in [0, 0.1) is 6.92 Å². The van der Waals surface area contributed by atoms with Crippen LogP contribution in [0.25, 0.3) is 10.6 Å². The third-order valence-electron chi connectivity index (χ3n) is 3.28. The fraction of sp³-hybridized carbons (Fsp3) is 0.0588. The first-order chi connectivity index (χ1) is 11.1. The van der Waals surface area contributed by atoms with Crippen LogP contribution in [-0.4, -0.2) is 10.9 Å². The number of carbonyl (C=O) groups is 1. The monoisotopic (exact) mass is 343 g/mol. The maximum absolute atomic E-state index is 12.2. The summed E-state index contributed by atoms with van der Waals surface area (Å²) in [6.07, 6.45) is 0. The van der Waals surface area contributed by atoms with Crippen LogP contribution in [0.5, 0.6) is 0 Å². The maximum atomic E-state index is 12.2. The number of benzene rings is 2. The molecule has 2 aromatic carbocycles. The van der Waals surface area contributed by atoms with Crippen molar-refractivity contribution in [3.8, 4) is 10.6 Å². The smallest absolute Gasteiger partial charge is 0.289 e. The SMILES string of the molecule is Cc1ccccc1-c1nc(C(=O)NNc2ccc(Cl)cc2)cs1. The Morgan fingerprint density at radius 1 is 1.13 bits per heavy atom. The Morgan fingerprint density at radius 2 is 1.87 bits per heavy atom. The molecule has 1 heterocycles. The van der Waals surface area contributed by atoms with Crippen molar-refractivity contribution in [3.63, 3.8) is 0 Å². The summed E-state index contributed by atoms with van der Waals surface area (Å²) in [7, 11) is 0. The standard InChI is InChI=1S/C17H14ClN3OS/c1-11-4-2-3-5-14(11)17-19-15(10-23-17)16(22)21-20-13-8-6-12(18)7-9-13/h2-10,20H,1H3,(H,21,22). The lowest BCUT2D eigenvalue weighted by Crippen LogP contribution is -2.29. The molecule has 0 unspecified atom stereocenters. The molecular formula is C17H14ClN3OS. The van der Waals surface area contributed by atoms with Crippen LogP contribution in [0.4, 0.5) is 5.69 Å². The minimum absolute atomic E-state index is 0.281. The number of hydrogen-bond donors (Lipinski definition) is 2. The highest BCUT2D eigenvalue weighted by Crippen LogP contribution is 2.26. The molecule has 0 aliphatic carbocycles. The number of hydrogen-bond acceptors (Lipinski definition) is 4. The molecular weight excluding hydrogens is 330 g/mol. The number of amides is 1. The number of hydrazine groups is 1. The summed E-state index contributed by atoms with van der Waals surface area (Å²) < 4.78 is 0. The molecule has 6 heteroatoms. The third-order valence-corrected chi connectivity index (χ3v) is 4.40. The Balaban J connectivity index is 1.69. The summed E-state index contributed by atoms with van der Waals surface area (Å²) >= 11 is 7.27. The summed E-state index contributed by atoms with van der Waals surface area (Å²) in [5.74, 6) is -0.281. The number of aryl methyl sites for hydroxylation is 1. The lowest BCUT2D eigenvalue weighted by atomic mass is 10.1. The molecule has 23 heavy (non-hydrogen) atoms. The van der Waals surface area contributed by atoms with E-state index in [0.717, 1.165) is 21.8 Å². The van der Waals surface area contributed by atoms with E-state index in [1.54, 1.807) is 29.6 Å². The van der Waals surface area contributed by atoms with Crippen molar-refractivity contribution in [2.75, 3.05) is 5.43 Å². The molecule has 0 bridgehead atoms. The predicted molar refractivity (Wildman–Crippen MR) is 94.8 cm³/mol. The van der Waals surface area contributed by atoms with Crippen LogP contribution < -0.4 is 10.9 Å². The van der Waals surface area contributed by atoms with Gasteiger partial charge in [0.1, 0.15) is 10.7 Å². The zero-order valence-corrected chi connectivity index (χ0v) is 13.9. The molecule has 3 rings (SSSR count). The predicted octanol–water partition coefficient (Wildman–Crippen LogP) is 4.53. The molecule has 0 aliphatic heterocycles. The Labute approximate surface area is 143 Å². The topological polar surface area (TPSA) is 54.0 Å². The number of carbonyl (C=O) groups excluding carboxylic acids is 1. The summed E-state index contributed by atoms with van der Waals surface area (Å²) in [4.78, 5) is 16.6. The van der Waals surface area contributed by atoms with Gasteiger partial charge in [-0.2, -0.15) is 0 Å². The van der Waals surface area contributed by atoms with Crippen LogP contribution in [-0.2, 0) is 0 Å². The third kappa shape index (κ3) is 3.70. The number of aromatic nitrogens is 1. The lowest BCUT2D eigenvalue weighted by Gasteiger charge is -2.07. The lowest BCUT2D eigenvalue weighted by molar-refractivity contribution is 0.0958. The quantitative estimate of drug-likeness (QED) is 0.684. The Morgan fingerprint density at radius 3 is 2.61 bits per heavy atom. The van der Waals surface area contributed by atoms with Crippen LogP contribution in [0.1, 0.15) is 16.1 Å². The van der Waals surface area contributed by atoms with E-state index in [0.29, 0.717) is 10.7 Å². The fourth-order valence-corrected chi connectivity index (χ4v) is 3.06. The van der Waals surface area contributed by atoms with E-state index in [1.807, 2.05) is 31.2 Å². The molecule has 0 atom stereocenters. The second kappa shape index (κ2) is 6.81. The molecule has 0 spiro atoms. The van der Waals surface area contributed by atoms with E-state index < -0.39 is 0 Å². The first-order valence-corrected chi connectivity index (χ1v) is 8.23. The minimum atomic E-state index is -0.281. The second-order valence-electron chi connectivity index (χ2n) is 4.94. The van der Waals surface area contributed by atoms with E-state index in [9.17, 15) is 4.79 Å². The number of nitrogens with zero attached hydrogens (tertiary/aromatic N) is 1. The second-order valence-corrected chi connectivity index (χ2v) is 6.23. The van der Waals surface area contributed by atoms with Gasteiger partial charge in [0.15, 0.2) is 0 Å². The molecule has 4 nitrogen and oxygen atoms in total. The van der Waals surface area contributed by atoms with E-state index >= 15 is 0 Å². The van der Waals surface area contributed by atoms with Gasteiger partial charge in [0.05, 0.1) is 5.69 Å². The first-order valence-electron chi connectivity index (χ1n) is 6.97. The van der Waals surface area contributed by atoms with E-state index in [2.05, 4.69) is 15.8 Å². The molecule has 3 aromatic rings. The molecule has 1 amide bonds. The van der Waals surface area contributed by atoms with Crippen LogP contribution in [0.2, 0.25) is 5.02 Å². The average Bonchev–Trinajstić information content (AvgIpc) is 3.04. The Hall–Kier alpha value is -2.37. The zero-order chi connectivity index (χ0) is 16.2. The van der Waals surface area contributed by atoms with Crippen LogP contribution in [0.3, 0.4) is 0 Å². The number of rotatable bonds is 4. The highest BCUT2D eigenvalue weighted by atomic mass is 35.5. The Kier molecular flexibility index (Phi) is 4.60. The highest BCUT2D eigenvalue weighted by Gasteiger charge is 2.12. The number of anilines is 1. The van der Waals surface area contributed by atoms with Gasteiger partial charge < -0.3 is 0 Å². The first kappa shape index (κ1) is 15.5. The fourth-order valence-electron chi connectivity index (χ4n) is 2.04. The van der Waals surface area contributed by atoms with Gasteiger partial charge >= 0.3 is 0 Å². The van der Waals surface area contributed by atoms with Gasteiger partial charge in [0.2, 0.25) is 0 Å². The van der Waals surface area contributed by atoms with E-state index in [4.69, 9.17) is 11.6 Å². The van der Waals surface area contributed by atoms with Gasteiger partial charge in [-0.1, -0.05) is 35.9 Å². The summed E-state index contributed by atoms with van der Waals surface area (Å²) in [6, 6.07) is 15.0. The Bertz CT molecular complexity index is 830. The van der Waals surface area contributed by atoms with Gasteiger partial charge in [-0.05, 0) is 36.8 Å². The summed E-state index contributed by atoms with van der Waals surface area (Å²) in [5.41, 5.74) is 8.77. The van der Waals surface area contributed by atoms with Crippen molar-refractivity contribution in [2.45, 2.75) is 6.92 Å². The number of halogens is 1. The molecule has 116 valence electrons. The van der Waals surface area contributed by atoms with Crippen LogP contribution in [0.15, 0.2) is 53.9 Å². The van der Waals surface area contributed by atoms with Crippen molar-refractivity contribution >= 4 is 34.5 Å². The van der Waals surface area contributed by atoms with Gasteiger partial charge in [0.25, 0.3) is 5.91 Å². The average molecular weight is 344 g/mol. The van der Waals surface area contributed by atoms with Crippen LogP contribution >= 0.6 is 22.9 Å². The molecule has 0 saturated heterocycles. The molecule has 0 aliphatic rings. The van der Waals surface area contributed by atoms with Crippen molar-refractivity contribution < 1.29 is 4.79 Å². The largest absolute Gasteiger partial charge is 0.298 e. The van der Waals surface area contributed by atoms with E-state index in [1.165, 1.54) is 11.3 Å². The van der Waals surface area contributed by atoms with Crippen molar-refractivity contribution in [1.29, 1.82) is 0 Å². The molecule has 0 radical (unpaired) electrons. The van der Waals surface area contributed by atoms with Gasteiger partial charge in [0, 0.05) is 16.0 Å². The van der Waals surface area contributed by atoms with Gasteiger partial charge in [-0.15, -0.1) is 11.3 Å². The van der Waals surface area contributed by atoms with Crippen molar-refractivity contribution in [1.82, 2.24) is 10.4 Å².